The third-order valence-electron chi connectivity index (χ3n) is 3.12. The molecular formula is C17H32O2Si. The lowest BCUT2D eigenvalue weighted by molar-refractivity contribution is -0.0436. The lowest BCUT2D eigenvalue weighted by Gasteiger charge is -2.30. The lowest BCUT2D eigenvalue weighted by Crippen LogP contribution is -2.38. The molecule has 2 nitrogen and oxygen atoms in total. The van der Waals surface area contributed by atoms with Crippen LogP contribution >= 0.6 is 0 Å². The summed E-state index contributed by atoms with van der Waals surface area (Å²) in [6.45, 7) is 13.0. The van der Waals surface area contributed by atoms with Gasteiger partial charge in [0.25, 0.3) is 0 Å². The molecule has 0 aromatic rings. The molecule has 0 aliphatic carbocycles. The van der Waals surface area contributed by atoms with Crippen molar-refractivity contribution in [1.29, 1.82) is 0 Å². The second kappa shape index (κ2) is 10.1. The van der Waals surface area contributed by atoms with Crippen LogP contribution in [-0.2, 0) is 9.16 Å². The molecule has 0 aromatic carbocycles. The maximum atomic E-state index is 6.18. The molecule has 0 bridgehead atoms. The molecule has 0 rings (SSSR count). The van der Waals surface area contributed by atoms with Crippen LogP contribution in [0.3, 0.4) is 0 Å². The molecule has 0 aliphatic rings. The Bertz CT molecular complexity index is 354. The van der Waals surface area contributed by atoms with Gasteiger partial charge in [-0.25, -0.2) is 0 Å². The maximum Gasteiger partial charge on any atom is 0.221 e. The van der Waals surface area contributed by atoms with Crippen molar-refractivity contribution in [1.82, 2.24) is 0 Å². The predicted octanol–water partition coefficient (Wildman–Crippen LogP) is 5.38. The Balaban J connectivity index is 5.44. The first-order chi connectivity index (χ1) is 9.42. The normalized spacial score (nSPS) is 15.9. The monoisotopic (exact) mass is 296 g/mol. The van der Waals surface area contributed by atoms with Crippen LogP contribution < -0.4 is 0 Å². The van der Waals surface area contributed by atoms with Crippen LogP contribution in [0.4, 0.5) is 0 Å². The van der Waals surface area contributed by atoms with Crippen LogP contribution in [0.2, 0.25) is 13.1 Å². The van der Waals surface area contributed by atoms with Gasteiger partial charge in [-0.3, -0.25) is 0 Å². The van der Waals surface area contributed by atoms with Crippen LogP contribution in [0, 0.1) is 0 Å². The van der Waals surface area contributed by atoms with E-state index in [1.807, 2.05) is 6.92 Å². The lowest BCUT2D eigenvalue weighted by atomic mass is 10.1. The van der Waals surface area contributed by atoms with E-state index < -0.39 is 8.32 Å². The number of hydrogen-bond donors (Lipinski definition) is 0. The minimum atomic E-state index is -1.97. The van der Waals surface area contributed by atoms with Crippen molar-refractivity contribution in [3.05, 3.63) is 35.1 Å². The zero-order valence-electron chi connectivity index (χ0n) is 14.3. The van der Waals surface area contributed by atoms with E-state index >= 15 is 0 Å². The van der Waals surface area contributed by atoms with E-state index in [2.05, 4.69) is 58.2 Å². The van der Waals surface area contributed by atoms with Crippen molar-refractivity contribution in [3.63, 3.8) is 0 Å². The molecule has 0 saturated heterocycles. The van der Waals surface area contributed by atoms with Gasteiger partial charge >= 0.3 is 0 Å². The highest BCUT2D eigenvalue weighted by Crippen LogP contribution is 2.27. The van der Waals surface area contributed by atoms with Crippen LogP contribution in [0.5, 0.6) is 0 Å². The molecule has 0 N–H and O–H groups in total. The first-order valence-corrected chi connectivity index (χ1v) is 10.6. The number of rotatable bonds is 9. The van der Waals surface area contributed by atoms with E-state index in [1.165, 1.54) is 10.8 Å². The number of ether oxygens (including phenoxy) is 1. The van der Waals surface area contributed by atoms with E-state index in [-0.39, 0.29) is 6.29 Å². The van der Waals surface area contributed by atoms with E-state index in [0.29, 0.717) is 0 Å². The van der Waals surface area contributed by atoms with Crippen LogP contribution in [0.25, 0.3) is 0 Å². The molecule has 1 atom stereocenters. The Labute approximate surface area is 126 Å². The van der Waals surface area contributed by atoms with Gasteiger partial charge in [-0.15, -0.1) is 0 Å². The van der Waals surface area contributed by atoms with Crippen molar-refractivity contribution in [3.8, 4) is 0 Å². The molecule has 0 heterocycles. The number of hydrogen-bond acceptors (Lipinski definition) is 2. The molecule has 0 saturated carbocycles. The minimum Gasteiger partial charge on any atom is -0.388 e. The van der Waals surface area contributed by atoms with Gasteiger partial charge < -0.3 is 9.16 Å². The second-order valence-electron chi connectivity index (χ2n) is 5.34. The first-order valence-electron chi connectivity index (χ1n) is 7.71. The number of methoxy groups -OCH3 is 1. The van der Waals surface area contributed by atoms with E-state index in [0.717, 1.165) is 19.3 Å². The van der Waals surface area contributed by atoms with Gasteiger partial charge in [-0.2, -0.15) is 0 Å². The van der Waals surface area contributed by atoms with E-state index in [4.69, 9.17) is 9.16 Å². The maximum absolute atomic E-state index is 6.18. The average Bonchev–Trinajstić information content (AvgIpc) is 2.40. The zero-order valence-corrected chi connectivity index (χ0v) is 15.3. The van der Waals surface area contributed by atoms with Gasteiger partial charge in [0.1, 0.15) is 6.29 Å². The van der Waals surface area contributed by atoms with Crippen molar-refractivity contribution in [2.24, 2.45) is 0 Å². The van der Waals surface area contributed by atoms with E-state index in [1.54, 1.807) is 7.11 Å². The molecule has 0 aliphatic heterocycles. The minimum absolute atomic E-state index is 0.157. The Kier molecular flexibility index (Phi) is 9.81. The van der Waals surface area contributed by atoms with Crippen LogP contribution in [0.15, 0.2) is 35.1 Å². The molecular weight excluding hydrogens is 264 g/mol. The van der Waals surface area contributed by atoms with Gasteiger partial charge in [-0.1, -0.05) is 45.1 Å². The summed E-state index contributed by atoms with van der Waals surface area (Å²) < 4.78 is 11.5. The summed E-state index contributed by atoms with van der Waals surface area (Å²) in [7, 11) is -0.279. The number of allylic oxidation sites excluding steroid dienone is 6. The Morgan fingerprint density at radius 1 is 1.05 bits per heavy atom. The van der Waals surface area contributed by atoms with Gasteiger partial charge in [-0.05, 0) is 50.0 Å². The smallest absolute Gasteiger partial charge is 0.221 e. The quantitative estimate of drug-likeness (QED) is 0.323. The van der Waals surface area contributed by atoms with Crippen LogP contribution in [0.1, 0.15) is 47.0 Å². The molecule has 0 spiro atoms. The Morgan fingerprint density at radius 3 is 2.10 bits per heavy atom. The fraction of sp³-hybridized carbons (Fsp3) is 0.647. The molecule has 116 valence electrons. The van der Waals surface area contributed by atoms with Crippen LogP contribution in [-0.4, -0.2) is 21.7 Å². The fourth-order valence-corrected chi connectivity index (χ4v) is 4.80. The summed E-state index contributed by atoms with van der Waals surface area (Å²) >= 11 is 0. The Morgan fingerprint density at radius 2 is 1.65 bits per heavy atom. The van der Waals surface area contributed by atoms with Crippen molar-refractivity contribution in [2.45, 2.75) is 66.3 Å². The fourth-order valence-electron chi connectivity index (χ4n) is 2.17. The molecule has 0 aromatic heterocycles. The van der Waals surface area contributed by atoms with Gasteiger partial charge in [0, 0.05) is 7.11 Å². The summed E-state index contributed by atoms with van der Waals surface area (Å²) in [5, 5.41) is 1.37. The third-order valence-corrected chi connectivity index (χ3v) is 5.83. The highest BCUT2D eigenvalue weighted by molar-refractivity contribution is 6.79. The molecule has 1 unspecified atom stereocenters. The van der Waals surface area contributed by atoms with Gasteiger partial charge in [0.2, 0.25) is 8.32 Å². The largest absolute Gasteiger partial charge is 0.388 e. The third kappa shape index (κ3) is 6.68. The van der Waals surface area contributed by atoms with Gasteiger partial charge in [0.05, 0.1) is 0 Å². The predicted molar refractivity (Wildman–Crippen MR) is 91.2 cm³/mol. The van der Waals surface area contributed by atoms with Crippen molar-refractivity contribution < 1.29 is 9.16 Å². The summed E-state index contributed by atoms with van der Waals surface area (Å²) in [5.41, 5.74) is 1.32. The van der Waals surface area contributed by atoms with Gasteiger partial charge in [0.15, 0.2) is 0 Å². The molecule has 3 heteroatoms. The summed E-state index contributed by atoms with van der Waals surface area (Å²) in [4.78, 5) is 0. The van der Waals surface area contributed by atoms with E-state index in [9.17, 15) is 0 Å². The molecule has 0 amide bonds. The average molecular weight is 297 g/mol. The first kappa shape index (κ1) is 19.4. The highest BCUT2D eigenvalue weighted by atomic mass is 28.4. The molecule has 20 heavy (non-hydrogen) atoms. The van der Waals surface area contributed by atoms with Crippen molar-refractivity contribution in [2.75, 3.05) is 7.11 Å². The zero-order chi connectivity index (χ0) is 15.6. The Hall–Kier alpha value is -0.643. The standard InChI is InChI=1S/C17H32O2Si/c1-8-11-14-16(12-9-2)17(13-10-3)20(6,7)19-15(4)18-5/h11-15H,8-10H2,1-7H3. The SMILES string of the molecule is CCC=CC(=CCC)C(=CCC)[Si](C)(C)OC(C)OC. The molecule has 0 radical (unpaired) electrons. The summed E-state index contributed by atoms with van der Waals surface area (Å²) in [6, 6.07) is 0. The summed E-state index contributed by atoms with van der Waals surface area (Å²) in [5.74, 6) is 0. The highest BCUT2D eigenvalue weighted by Gasteiger charge is 2.31. The topological polar surface area (TPSA) is 18.5 Å². The second-order valence-corrected chi connectivity index (χ2v) is 9.13. The summed E-state index contributed by atoms with van der Waals surface area (Å²) in [6.07, 6.45) is 12.0. The van der Waals surface area contributed by atoms with Crippen molar-refractivity contribution >= 4 is 8.32 Å². The molecule has 0 fully saturated rings.